The quantitative estimate of drug-likeness (QED) is 0.622. The Morgan fingerprint density at radius 2 is 2.28 bits per heavy atom. The molecule has 3 aromatic rings. The number of hydrogen-bond donors (Lipinski definition) is 0. The van der Waals surface area contributed by atoms with E-state index in [9.17, 15) is 0 Å². The smallest absolute Gasteiger partial charge is 0.184 e. The fraction of sp³-hybridized carbons (Fsp3) is 0.273. The van der Waals surface area contributed by atoms with Gasteiger partial charge in [0.05, 0.1) is 25.6 Å². The monoisotopic (exact) mass is 242 g/mol. The summed E-state index contributed by atoms with van der Waals surface area (Å²) in [6.07, 6.45) is 7.15. The van der Waals surface area contributed by atoms with E-state index in [0.717, 1.165) is 24.3 Å². The van der Waals surface area contributed by atoms with Gasteiger partial charge in [0.2, 0.25) is 0 Å². The maximum atomic E-state index is 5.22. The van der Waals surface area contributed by atoms with Crippen LogP contribution in [-0.4, -0.2) is 42.0 Å². The summed E-state index contributed by atoms with van der Waals surface area (Å²) in [6.45, 7) is 1.60. The van der Waals surface area contributed by atoms with E-state index in [1.807, 2.05) is 16.8 Å². The summed E-state index contributed by atoms with van der Waals surface area (Å²) in [4.78, 5) is 12.9. The SMILES string of the molecule is c1cnn(-c2ncnc3c2ncn3CC2CO2)c1. The molecule has 1 unspecified atom stereocenters. The minimum absolute atomic E-state index is 0.297. The first-order chi connectivity index (χ1) is 8.92. The first kappa shape index (κ1) is 9.72. The van der Waals surface area contributed by atoms with Crippen LogP contribution < -0.4 is 0 Å². The van der Waals surface area contributed by atoms with Gasteiger partial charge in [-0.3, -0.25) is 0 Å². The fourth-order valence-corrected chi connectivity index (χ4v) is 1.96. The van der Waals surface area contributed by atoms with E-state index in [1.54, 1.807) is 17.2 Å². The molecule has 0 aromatic carbocycles. The fourth-order valence-electron chi connectivity index (χ4n) is 1.96. The number of aromatic nitrogens is 6. The third-order valence-corrected chi connectivity index (χ3v) is 2.91. The Morgan fingerprint density at radius 3 is 3.06 bits per heavy atom. The zero-order chi connectivity index (χ0) is 11.9. The lowest BCUT2D eigenvalue weighted by molar-refractivity contribution is 0.384. The van der Waals surface area contributed by atoms with Gasteiger partial charge in [-0.25, -0.2) is 19.6 Å². The average molecular weight is 242 g/mol. The maximum Gasteiger partial charge on any atom is 0.184 e. The molecule has 4 rings (SSSR count). The molecule has 4 heterocycles. The van der Waals surface area contributed by atoms with Crippen molar-refractivity contribution in [3.63, 3.8) is 0 Å². The molecule has 0 saturated carbocycles. The standard InChI is InChI=1S/C11H10N6O/c1-2-15-17(3-1)11-9-10(12-6-13-11)16(7-14-9)4-8-5-18-8/h1-3,6-8H,4-5H2. The lowest BCUT2D eigenvalue weighted by Gasteiger charge is -2.02. The normalized spacial score (nSPS) is 18.3. The minimum Gasteiger partial charge on any atom is -0.371 e. The topological polar surface area (TPSA) is 74.0 Å². The molecule has 18 heavy (non-hydrogen) atoms. The molecule has 90 valence electrons. The zero-order valence-electron chi connectivity index (χ0n) is 9.47. The summed E-state index contributed by atoms with van der Waals surface area (Å²) in [7, 11) is 0. The third kappa shape index (κ3) is 1.48. The van der Waals surface area contributed by atoms with Crippen molar-refractivity contribution >= 4 is 11.2 Å². The molecule has 1 aliphatic rings. The van der Waals surface area contributed by atoms with Crippen molar-refractivity contribution < 1.29 is 4.74 Å². The number of nitrogens with zero attached hydrogens (tertiary/aromatic N) is 6. The predicted molar refractivity (Wildman–Crippen MR) is 62.2 cm³/mol. The molecule has 1 saturated heterocycles. The van der Waals surface area contributed by atoms with Crippen LogP contribution in [0.25, 0.3) is 17.0 Å². The van der Waals surface area contributed by atoms with Gasteiger partial charge in [0.25, 0.3) is 0 Å². The van der Waals surface area contributed by atoms with Gasteiger partial charge in [-0.2, -0.15) is 5.10 Å². The Bertz CT molecular complexity index is 685. The van der Waals surface area contributed by atoms with Gasteiger partial charge in [-0.05, 0) is 6.07 Å². The molecule has 0 bridgehead atoms. The molecule has 1 fully saturated rings. The maximum absolute atomic E-state index is 5.22. The molecule has 0 N–H and O–H groups in total. The third-order valence-electron chi connectivity index (χ3n) is 2.91. The van der Waals surface area contributed by atoms with Crippen LogP contribution in [-0.2, 0) is 11.3 Å². The summed E-state index contributed by atoms with van der Waals surface area (Å²) >= 11 is 0. The zero-order valence-corrected chi connectivity index (χ0v) is 9.47. The van der Waals surface area contributed by atoms with E-state index in [0.29, 0.717) is 11.9 Å². The van der Waals surface area contributed by atoms with Crippen LogP contribution in [0.4, 0.5) is 0 Å². The number of fused-ring (bicyclic) bond motifs is 1. The molecule has 0 aliphatic carbocycles. The van der Waals surface area contributed by atoms with E-state index >= 15 is 0 Å². The molecule has 1 aliphatic heterocycles. The van der Waals surface area contributed by atoms with E-state index < -0.39 is 0 Å². The van der Waals surface area contributed by atoms with E-state index in [1.165, 1.54) is 6.33 Å². The van der Waals surface area contributed by atoms with Crippen LogP contribution in [0.5, 0.6) is 0 Å². The number of rotatable bonds is 3. The molecule has 0 radical (unpaired) electrons. The van der Waals surface area contributed by atoms with Gasteiger partial charge in [-0.15, -0.1) is 0 Å². The number of epoxide rings is 1. The molecule has 0 spiro atoms. The van der Waals surface area contributed by atoms with Crippen molar-refractivity contribution in [3.05, 3.63) is 31.1 Å². The lowest BCUT2D eigenvalue weighted by Crippen LogP contribution is -2.05. The Morgan fingerprint density at radius 1 is 1.33 bits per heavy atom. The molecule has 7 heteroatoms. The van der Waals surface area contributed by atoms with Crippen LogP contribution in [0.3, 0.4) is 0 Å². The first-order valence-electron chi connectivity index (χ1n) is 5.69. The Labute approximate surface area is 102 Å². The molecular formula is C11H10N6O. The van der Waals surface area contributed by atoms with Crippen molar-refractivity contribution in [1.82, 2.24) is 29.3 Å². The van der Waals surface area contributed by atoms with Crippen LogP contribution in [0.1, 0.15) is 0 Å². The summed E-state index contributed by atoms with van der Waals surface area (Å²) < 4.78 is 8.90. The Kier molecular flexibility index (Phi) is 1.95. The van der Waals surface area contributed by atoms with Gasteiger partial charge in [-0.1, -0.05) is 0 Å². The van der Waals surface area contributed by atoms with Crippen molar-refractivity contribution in [2.75, 3.05) is 6.61 Å². The average Bonchev–Trinajstić information content (AvgIpc) is 2.91. The van der Waals surface area contributed by atoms with Gasteiger partial charge in [0, 0.05) is 12.4 Å². The van der Waals surface area contributed by atoms with Crippen LogP contribution >= 0.6 is 0 Å². The summed E-state index contributed by atoms with van der Waals surface area (Å²) in [5.41, 5.74) is 1.56. The number of hydrogen-bond acceptors (Lipinski definition) is 5. The van der Waals surface area contributed by atoms with Gasteiger partial charge in [0.1, 0.15) is 6.33 Å². The van der Waals surface area contributed by atoms with Crippen molar-refractivity contribution in [1.29, 1.82) is 0 Å². The van der Waals surface area contributed by atoms with Crippen molar-refractivity contribution in [2.45, 2.75) is 12.6 Å². The predicted octanol–water partition coefficient (Wildman–Crippen LogP) is 0.411. The summed E-state index contributed by atoms with van der Waals surface area (Å²) in [5.74, 6) is 0.695. The van der Waals surface area contributed by atoms with Gasteiger partial charge < -0.3 is 9.30 Å². The van der Waals surface area contributed by atoms with Crippen LogP contribution in [0, 0.1) is 0 Å². The van der Waals surface area contributed by atoms with E-state index in [2.05, 4.69) is 20.1 Å². The second-order valence-electron chi connectivity index (χ2n) is 4.17. The lowest BCUT2D eigenvalue weighted by atomic mass is 10.4. The van der Waals surface area contributed by atoms with Crippen LogP contribution in [0.15, 0.2) is 31.1 Å². The first-order valence-corrected chi connectivity index (χ1v) is 5.69. The Hall–Kier alpha value is -2.28. The molecule has 0 amide bonds. The van der Waals surface area contributed by atoms with Crippen molar-refractivity contribution in [2.24, 2.45) is 0 Å². The summed E-state index contributed by atoms with van der Waals surface area (Å²) in [5, 5.41) is 4.17. The van der Waals surface area contributed by atoms with Gasteiger partial charge in [0.15, 0.2) is 17.0 Å². The molecule has 1 atom stereocenters. The van der Waals surface area contributed by atoms with Gasteiger partial charge >= 0.3 is 0 Å². The van der Waals surface area contributed by atoms with E-state index in [-0.39, 0.29) is 0 Å². The number of ether oxygens (including phenoxy) is 1. The highest BCUT2D eigenvalue weighted by atomic mass is 16.6. The highest BCUT2D eigenvalue weighted by molar-refractivity contribution is 5.78. The van der Waals surface area contributed by atoms with E-state index in [4.69, 9.17) is 4.74 Å². The summed E-state index contributed by atoms with van der Waals surface area (Å²) in [6, 6.07) is 1.85. The second kappa shape index (κ2) is 3.61. The Balaban J connectivity index is 1.86. The molecule has 3 aromatic heterocycles. The van der Waals surface area contributed by atoms with Crippen molar-refractivity contribution in [3.8, 4) is 5.82 Å². The molecule has 7 nitrogen and oxygen atoms in total. The van der Waals surface area contributed by atoms with Crippen LogP contribution in [0.2, 0.25) is 0 Å². The second-order valence-corrected chi connectivity index (χ2v) is 4.17. The highest BCUT2D eigenvalue weighted by Gasteiger charge is 2.24. The highest BCUT2D eigenvalue weighted by Crippen LogP contribution is 2.19. The molecular weight excluding hydrogens is 232 g/mol. The number of imidazole rings is 1. The largest absolute Gasteiger partial charge is 0.371 e. The minimum atomic E-state index is 0.297.